The van der Waals surface area contributed by atoms with Crippen LogP contribution in [0, 0.1) is 0 Å². The number of carbonyl (C=O) groups is 2. The van der Waals surface area contributed by atoms with Gasteiger partial charge in [0.1, 0.15) is 12.4 Å². The minimum Gasteiger partial charge on any atom is -0.485 e. The first-order valence-corrected chi connectivity index (χ1v) is 8.39. The first kappa shape index (κ1) is 19.7. The quantitative estimate of drug-likeness (QED) is 0.732. The van der Waals surface area contributed by atoms with Crippen LogP contribution in [0.15, 0.2) is 42.5 Å². The maximum atomic E-state index is 12.2. The van der Waals surface area contributed by atoms with Gasteiger partial charge in [0.05, 0.1) is 5.02 Å². The van der Waals surface area contributed by atoms with Gasteiger partial charge < -0.3 is 24.3 Å². The summed E-state index contributed by atoms with van der Waals surface area (Å²) in [6.45, 7) is -3.64. The summed E-state index contributed by atoms with van der Waals surface area (Å²) in [4.78, 5) is 24.0. The number of para-hydroxylation sites is 2. The van der Waals surface area contributed by atoms with Crippen LogP contribution in [0.2, 0.25) is 5.02 Å². The van der Waals surface area contributed by atoms with Crippen LogP contribution in [0.25, 0.3) is 0 Å². The van der Waals surface area contributed by atoms with Gasteiger partial charge in [-0.2, -0.15) is 8.78 Å². The number of hydrogen-bond donors (Lipinski definition) is 1. The van der Waals surface area contributed by atoms with E-state index in [1.165, 1.54) is 18.2 Å². The molecule has 0 radical (unpaired) electrons. The van der Waals surface area contributed by atoms with E-state index in [1.807, 2.05) is 0 Å². The van der Waals surface area contributed by atoms with Gasteiger partial charge in [0.15, 0.2) is 18.1 Å². The lowest BCUT2D eigenvalue weighted by Crippen LogP contribution is -2.39. The highest BCUT2D eigenvalue weighted by molar-refractivity contribution is 6.32. The Kier molecular flexibility index (Phi) is 6.15. The number of carbonyl (C=O) groups excluding carboxylic acids is 2. The molecule has 1 aliphatic rings. The summed E-state index contributed by atoms with van der Waals surface area (Å²) in [7, 11) is 0. The van der Waals surface area contributed by atoms with Crippen molar-refractivity contribution in [1.82, 2.24) is 0 Å². The van der Waals surface area contributed by atoms with Crippen molar-refractivity contribution in [3.05, 3.63) is 47.5 Å². The molecule has 2 aromatic carbocycles. The van der Waals surface area contributed by atoms with Gasteiger partial charge in [0.25, 0.3) is 5.91 Å². The van der Waals surface area contributed by atoms with E-state index in [1.54, 1.807) is 24.3 Å². The molecule has 148 valence electrons. The standard InChI is InChI=1S/C18H14ClF2NO6/c19-11-7-10(5-6-12(11)28-18(20)21)22-16(23)9-26-17(24)15-8-25-13-3-1-2-4-14(13)27-15/h1-7,15,18H,8-9H2,(H,22,23). The van der Waals surface area contributed by atoms with Crippen molar-refractivity contribution in [2.45, 2.75) is 12.7 Å². The molecule has 0 bridgehead atoms. The third-order valence-electron chi connectivity index (χ3n) is 3.55. The molecule has 0 fully saturated rings. The normalized spacial score (nSPS) is 15.1. The van der Waals surface area contributed by atoms with Gasteiger partial charge in [-0.15, -0.1) is 0 Å². The Bertz CT molecular complexity index is 879. The molecule has 1 aliphatic heterocycles. The molecule has 1 heterocycles. The van der Waals surface area contributed by atoms with Gasteiger partial charge in [-0.05, 0) is 30.3 Å². The van der Waals surface area contributed by atoms with E-state index in [4.69, 9.17) is 25.8 Å². The topological polar surface area (TPSA) is 83.1 Å². The molecule has 0 saturated heterocycles. The van der Waals surface area contributed by atoms with Crippen molar-refractivity contribution >= 4 is 29.2 Å². The Labute approximate surface area is 163 Å². The zero-order chi connectivity index (χ0) is 20.1. The van der Waals surface area contributed by atoms with Crippen LogP contribution in [0.3, 0.4) is 0 Å². The zero-order valence-electron chi connectivity index (χ0n) is 14.2. The molecule has 0 saturated carbocycles. The highest BCUT2D eigenvalue weighted by Crippen LogP contribution is 2.31. The van der Waals surface area contributed by atoms with Crippen molar-refractivity contribution in [3.8, 4) is 17.2 Å². The summed E-state index contributed by atoms with van der Waals surface area (Å²) in [5.41, 5.74) is 0.221. The summed E-state index contributed by atoms with van der Waals surface area (Å²) in [6.07, 6.45) is -0.997. The predicted molar refractivity (Wildman–Crippen MR) is 94.0 cm³/mol. The summed E-state index contributed by atoms with van der Waals surface area (Å²) >= 11 is 5.80. The van der Waals surface area contributed by atoms with Crippen molar-refractivity contribution in [1.29, 1.82) is 0 Å². The second kappa shape index (κ2) is 8.75. The van der Waals surface area contributed by atoms with Gasteiger partial charge >= 0.3 is 12.6 Å². The van der Waals surface area contributed by atoms with E-state index < -0.39 is 31.2 Å². The number of anilines is 1. The number of rotatable bonds is 6. The Morgan fingerprint density at radius 3 is 2.68 bits per heavy atom. The lowest BCUT2D eigenvalue weighted by molar-refractivity contribution is -0.156. The number of hydrogen-bond acceptors (Lipinski definition) is 6. The largest absolute Gasteiger partial charge is 0.485 e. The first-order valence-electron chi connectivity index (χ1n) is 8.01. The minimum absolute atomic E-state index is 0.0430. The van der Waals surface area contributed by atoms with Gasteiger partial charge in [-0.1, -0.05) is 23.7 Å². The maximum Gasteiger partial charge on any atom is 0.387 e. The third-order valence-corrected chi connectivity index (χ3v) is 3.84. The molecule has 3 rings (SSSR count). The SMILES string of the molecule is O=C(COC(=O)C1COc2ccccc2O1)Nc1ccc(OC(F)F)c(Cl)c1. The zero-order valence-corrected chi connectivity index (χ0v) is 14.9. The highest BCUT2D eigenvalue weighted by atomic mass is 35.5. The van der Waals surface area contributed by atoms with Crippen LogP contribution < -0.4 is 19.5 Å². The number of benzene rings is 2. The van der Waals surface area contributed by atoms with Gasteiger partial charge in [0, 0.05) is 5.69 Å². The summed E-state index contributed by atoms with van der Waals surface area (Å²) < 4.78 is 44.4. The Hall–Kier alpha value is -3.07. The van der Waals surface area contributed by atoms with Crippen LogP contribution in [0.1, 0.15) is 0 Å². The van der Waals surface area contributed by atoms with Crippen LogP contribution in [0.4, 0.5) is 14.5 Å². The van der Waals surface area contributed by atoms with Gasteiger partial charge in [0.2, 0.25) is 6.10 Å². The molecule has 0 aromatic heterocycles. The fraction of sp³-hybridized carbons (Fsp3) is 0.222. The van der Waals surface area contributed by atoms with Crippen molar-refractivity contribution in [2.75, 3.05) is 18.5 Å². The monoisotopic (exact) mass is 413 g/mol. The van der Waals surface area contributed by atoms with Crippen LogP contribution in [0.5, 0.6) is 17.2 Å². The fourth-order valence-electron chi connectivity index (χ4n) is 2.33. The van der Waals surface area contributed by atoms with Crippen LogP contribution in [-0.2, 0) is 14.3 Å². The van der Waals surface area contributed by atoms with Crippen LogP contribution >= 0.6 is 11.6 Å². The average molecular weight is 414 g/mol. The number of halogens is 3. The molecule has 0 aliphatic carbocycles. The Morgan fingerprint density at radius 1 is 1.21 bits per heavy atom. The van der Waals surface area contributed by atoms with Crippen molar-refractivity contribution in [2.24, 2.45) is 0 Å². The van der Waals surface area contributed by atoms with E-state index in [9.17, 15) is 18.4 Å². The molecule has 0 spiro atoms. The molecular formula is C18H14ClF2NO6. The number of nitrogens with one attached hydrogen (secondary N) is 1. The molecule has 1 unspecified atom stereocenters. The lowest BCUT2D eigenvalue weighted by Gasteiger charge is -2.24. The number of alkyl halides is 2. The molecule has 10 heteroatoms. The second-order valence-corrected chi connectivity index (χ2v) is 5.95. The third kappa shape index (κ3) is 5.01. The number of esters is 1. The summed E-state index contributed by atoms with van der Waals surface area (Å²) in [6, 6.07) is 10.6. The minimum atomic E-state index is -3.02. The highest BCUT2D eigenvalue weighted by Gasteiger charge is 2.29. The smallest absolute Gasteiger partial charge is 0.387 e. The second-order valence-electron chi connectivity index (χ2n) is 5.54. The Morgan fingerprint density at radius 2 is 1.96 bits per heavy atom. The summed E-state index contributed by atoms with van der Waals surface area (Å²) in [5, 5.41) is 2.31. The molecular weight excluding hydrogens is 400 g/mol. The van der Waals surface area contributed by atoms with E-state index in [-0.39, 0.29) is 23.1 Å². The average Bonchev–Trinajstić information content (AvgIpc) is 2.67. The number of amides is 1. The molecule has 28 heavy (non-hydrogen) atoms. The van der Waals surface area contributed by atoms with E-state index in [0.29, 0.717) is 11.5 Å². The summed E-state index contributed by atoms with van der Waals surface area (Å²) in [5.74, 6) is -0.718. The van der Waals surface area contributed by atoms with Crippen LogP contribution in [-0.4, -0.2) is 37.8 Å². The molecule has 1 N–H and O–H groups in total. The Balaban J connectivity index is 1.49. The lowest BCUT2D eigenvalue weighted by atomic mass is 10.2. The first-order chi connectivity index (χ1) is 13.4. The van der Waals surface area contributed by atoms with E-state index in [2.05, 4.69) is 10.1 Å². The van der Waals surface area contributed by atoms with E-state index >= 15 is 0 Å². The molecule has 1 atom stereocenters. The molecule has 7 nitrogen and oxygen atoms in total. The van der Waals surface area contributed by atoms with E-state index in [0.717, 1.165) is 0 Å². The fourth-order valence-corrected chi connectivity index (χ4v) is 2.56. The number of fused-ring (bicyclic) bond motifs is 1. The van der Waals surface area contributed by atoms with Crippen molar-refractivity contribution < 1.29 is 37.3 Å². The predicted octanol–water partition coefficient (Wildman–Crippen LogP) is 3.26. The number of ether oxygens (including phenoxy) is 4. The van der Waals surface area contributed by atoms with Gasteiger partial charge in [-0.25, -0.2) is 4.79 Å². The van der Waals surface area contributed by atoms with Crippen molar-refractivity contribution in [3.63, 3.8) is 0 Å². The maximum absolute atomic E-state index is 12.2. The molecule has 1 amide bonds. The molecule has 2 aromatic rings. The van der Waals surface area contributed by atoms with Gasteiger partial charge in [-0.3, -0.25) is 4.79 Å².